The van der Waals surface area contributed by atoms with Crippen LogP contribution in [-0.4, -0.2) is 4.92 Å². The molecule has 17 heavy (non-hydrogen) atoms. The summed E-state index contributed by atoms with van der Waals surface area (Å²) in [6.45, 7) is 0. The van der Waals surface area contributed by atoms with Gasteiger partial charge in [-0.3, -0.25) is 14.9 Å². The van der Waals surface area contributed by atoms with E-state index in [4.69, 9.17) is 4.42 Å². The van der Waals surface area contributed by atoms with Crippen LogP contribution < -0.4 is 5.43 Å². The average molecular weight is 241 g/mol. The number of hydrogen-bond donors (Lipinski definition) is 0. The van der Waals surface area contributed by atoms with Crippen LogP contribution in [0.4, 0.5) is 14.5 Å². The maximum atomic E-state index is 12.3. The normalized spacial score (nSPS) is 11.0. The van der Waals surface area contributed by atoms with Gasteiger partial charge in [0.2, 0.25) is 0 Å². The summed E-state index contributed by atoms with van der Waals surface area (Å²) in [5, 5.41) is 10.4. The van der Waals surface area contributed by atoms with Crippen molar-refractivity contribution in [3.63, 3.8) is 0 Å². The van der Waals surface area contributed by atoms with E-state index < -0.39 is 22.5 Å². The Kier molecular flexibility index (Phi) is 2.58. The van der Waals surface area contributed by atoms with Gasteiger partial charge in [0, 0.05) is 18.2 Å². The molecule has 0 bridgehead atoms. The molecule has 0 amide bonds. The second-order valence-electron chi connectivity index (χ2n) is 3.25. The number of fused-ring (bicyclic) bond motifs is 1. The van der Waals surface area contributed by atoms with Gasteiger partial charge in [0.15, 0.2) is 11.2 Å². The van der Waals surface area contributed by atoms with Crippen molar-refractivity contribution in [1.82, 2.24) is 0 Å². The van der Waals surface area contributed by atoms with Gasteiger partial charge in [-0.1, -0.05) is 0 Å². The van der Waals surface area contributed by atoms with Crippen LogP contribution in [0.2, 0.25) is 0 Å². The van der Waals surface area contributed by atoms with Gasteiger partial charge in [-0.05, 0) is 6.07 Å². The average Bonchev–Trinajstić information content (AvgIpc) is 2.28. The molecule has 1 heterocycles. The molecule has 0 saturated carbocycles. The van der Waals surface area contributed by atoms with E-state index in [0.717, 1.165) is 18.2 Å². The molecule has 0 atom stereocenters. The fraction of sp³-hybridized carbons (Fsp3) is 0.100. The van der Waals surface area contributed by atoms with E-state index in [1.165, 1.54) is 0 Å². The van der Waals surface area contributed by atoms with Gasteiger partial charge in [-0.25, -0.2) is 8.78 Å². The summed E-state index contributed by atoms with van der Waals surface area (Å²) in [6.07, 6.45) is -2.90. The van der Waals surface area contributed by atoms with Gasteiger partial charge in [0.25, 0.3) is 12.1 Å². The first-order chi connectivity index (χ1) is 7.99. The number of benzene rings is 1. The lowest BCUT2D eigenvalue weighted by molar-refractivity contribution is -0.384. The van der Waals surface area contributed by atoms with Crippen LogP contribution >= 0.6 is 0 Å². The minimum atomic E-state index is -2.90. The Morgan fingerprint density at radius 3 is 2.59 bits per heavy atom. The minimum Gasteiger partial charge on any atom is -0.455 e. The molecule has 1 aromatic heterocycles. The first kappa shape index (κ1) is 11.2. The van der Waals surface area contributed by atoms with Crippen molar-refractivity contribution >= 4 is 16.7 Å². The highest BCUT2D eigenvalue weighted by Gasteiger charge is 2.15. The standard InChI is InChI=1S/C10H5F2NO4/c11-10(12)9-4-7(14)6-3-5(13(15)16)1-2-8(6)17-9/h1-4,10H. The van der Waals surface area contributed by atoms with E-state index in [9.17, 15) is 23.7 Å². The van der Waals surface area contributed by atoms with E-state index in [-0.39, 0.29) is 16.7 Å². The smallest absolute Gasteiger partial charge is 0.295 e. The third-order valence-electron chi connectivity index (χ3n) is 2.16. The van der Waals surface area contributed by atoms with Crippen LogP contribution in [-0.2, 0) is 0 Å². The lowest BCUT2D eigenvalue weighted by Gasteiger charge is -2.01. The number of non-ortho nitro benzene ring substituents is 1. The highest BCUT2D eigenvalue weighted by atomic mass is 19.3. The topological polar surface area (TPSA) is 73.3 Å². The maximum absolute atomic E-state index is 12.3. The van der Waals surface area contributed by atoms with Gasteiger partial charge >= 0.3 is 0 Å². The minimum absolute atomic E-state index is 0.0939. The molecule has 0 unspecified atom stereocenters. The van der Waals surface area contributed by atoms with Crippen LogP contribution in [0, 0.1) is 10.1 Å². The molecule has 5 nitrogen and oxygen atoms in total. The highest BCUT2D eigenvalue weighted by molar-refractivity contribution is 5.79. The number of nitro benzene ring substituents is 1. The molecule has 0 aliphatic carbocycles. The SMILES string of the molecule is O=c1cc(C(F)F)oc2ccc([N+](=O)[O-])cc12. The summed E-state index contributed by atoms with van der Waals surface area (Å²) in [6, 6.07) is 3.84. The fourth-order valence-corrected chi connectivity index (χ4v) is 1.38. The van der Waals surface area contributed by atoms with Crippen molar-refractivity contribution in [3.8, 4) is 0 Å². The van der Waals surface area contributed by atoms with Crippen molar-refractivity contribution in [1.29, 1.82) is 0 Å². The molecule has 88 valence electrons. The molecular formula is C10H5F2NO4. The first-order valence-electron chi connectivity index (χ1n) is 4.49. The molecule has 0 spiro atoms. The Balaban J connectivity index is 2.73. The Labute approximate surface area is 92.4 Å². The maximum Gasteiger partial charge on any atom is 0.295 e. The zero-order valence-corrected chi connectivity index (χ0v) is 8.22. The summed E-state index contributed by atoms with van der Waals surface area (Å²) in [7, 11) is 0. The zero-order chi connectivity index (χ0) is 12.6. The summed E-state index contributed by atoms with van der Waals surface area (Å²) in [4.78, 5) is 21.3. The Bertz CT molecular complexity index is 650. The molecule has 0 N–H and O–H groups in total. The van der Waals surface area contributed by atoms with Crippen LogP contribution in [0.3, 0.4) is 0 Å². The lowest BCUT2D eigenvalue weighted by atomic mass is 10.2. The molecular weight excluding hydrogens is 236 g/mol. The van der Waals surface area contributed by atoms with E-state index in [1.54, 1.807) is 0 Å². The van der Waals surface area contributed by atoms with Crippen LogP contribution in [0.1, 0.15) is 12.2 Å². The molecule has 2 rings (SSSR count). The molecule has 0 saturated heterocycles. The number of halogens is 2. The van der Waals surface area contributed by atoms with Crippen LogP contribution in [0.5, 0.6) is 0 Å². The molecule has 0 radical (unpaired) electrons. The highest BCUT2D eigenvalue weighted by Crippen LogP contribution is 2.23. The molecule has 0 aliphatic rings. The van der Waals surface area contributed by atoms with E-state index in [1.807, 2.05) is 0 Å². The van der Waals surface area contributed by atoms with Gasteiger partial charge in [-0.15, -0.1) is 0 Å². The van der Waals surface area contributed by atoms with Crippen molar-refractivity contribution in [2.45, 2.75) is 6.43 Å². The van der Waals surface area contributed by atoms with Crippen LogP contribution in [0.15, 0.2) is 33.5 Å². The third-order valence-corrected chi connectivity index (χ3v) is 2.16. The Morgan fingerprint density at radius 2 is 2.00 bits per heavy atom. The van der Waals surface area contributed by atoms with E-state index in [2.05, 4.69) is 0 Å². The molecule has 7 heteroatoms. The largest absolute Gasteiger partial charge is 0.455 e. The first-order valence-corrected chi connectivity index (χ1v) is 4.49. The summed E-state index contributed by atoms with van der Waals surface area (Å²) < 4.78 is 29.4. The van der Waals surface area contributed by atoms with Crippen molar-refractivity contribution < 1.29 is 18.1 Å². The van der Waals surface area contributed by atoms with Crippen molar-refractivity contribution in [2.75, 3.05) is 0 Å². The number of rotatable bonds is 2. The third kappa shape index (κ3) is 1.99. The number of alkyl halides is 2. The summed E-state index contributed by atoms with van der Waals surface area (Å²) in [5.41, 5.74) is -1.13. The fourth-order valence-electron chi connectivity index (χ4n) is 1.38. The Morgan fingerprint density at radius 1 is 1.29 bits per heavy atom. The molecule has 2 aromatic rings. The van der Waals surface area contributed by atoms with Crippen molar-refractivity contribution in [3.05, 3.63) is 50.4 Å². The van der Waals surface area contributed by atoms with Crippen molar-refractivity contribution in [2.24, 2.45) is 0 Å². The Hall–Kier alpha value is -2.31. The number of hydrogen-bond acceptors (Lipinski definition) is 4. The molecule has 1 aromatic carbocycles. The predicted octanol–water partition coefficient (Wildman–Crippen LogP) is 2.64. The van der Waals surface area contributed by atoms with Gasteiger partial charge in [0.1, 0.15) is 5.58 Å². The van der Waals surface area contributed by atoms with Gasteiger partial charge < -0.3 is 4.42 Å². The molecule has 0 aliphatic heterocycles. The summed E-state index contributed by atoms with van der Waals surface area (Å²) >= 11 is 0. The second-order valence-corrected chi connectivity index (χ2v) is 3.25. The predicted molar refractivity (Wildman–Crippen MR) is 54.1 cm³/mol. The van der Waals surface area contributed by atoms with E-state index in [0.29, 0.717) is 6.07 Å². The summed E-state index contributed by atoms with van der Waals surface area (Å²) in [5.74, 6) is -0.753. The van der Waals surface area contributed by atoms with Crippen LogP contribution in [0.25, 0.3) is 11.0 Å². The lowest BCUT2D eigenvalue weighted by Crippen LogP contribution is -2.03. The number of nitrogens with zero attached hydrogens (tertiary/aromatic N) is 1. The van der Waals surface area contributed by atoms with Gasteiger partial charge in [0.05, 0.1) is 10.3 Å². The quantitative estimate of drug-likeness (QED) is 0.598. The molecule has 0 fully saturated rings. The van der Waals surface area contributed by atoms with Gasteiger partial charge in [-0.2, -0.15) is 0 Å². The zero-order valence-electron chi connectivity index (χ0n) is 8.22. The number of nitro groups is 1. The monoisotopic (exact) mass is 241 g/mol. The second kappa shape index (κ2) is 3.93. The van der Waals surface area contributed by atoms with E-state index >= 15 is 0 Å².